The summed E-state index contributed by atoms with van der Waals surface area (Å²) in [5, 5.41) is 2.75. The van der Waals surface area contributed by atoms with Gasteiger partial charge in [-0.05, 0) is 12.8 Å². The van der Waals surface area contributed by atoms with Crippen molar-refractivity contribution in [2.24, 2.45) is 5.84 Å². The Balaban J connectivity index is 2.51. The van der Waals surface area contributed by atoms with Crippen LogP contribution in [-0.2, 0) is 9.53 Å². The Morgan fingerprint density at radius 2 is 2.28 bits per heavy atom. The molecule has 18 heavy (non-hydrogen) atoms. The number of hydrazine groups is 1. The van der Waals surface area contributed by atoms with E-state index in [-0.39, 0.29) is 18.0 Å². The Hall–Kier alpha value is -1.34. The van der Waals surface area contributed by atoms with Crippen LogP contribution in [0.5, 0.6) is 0 Å². The third-order valence-electron chi connectivity index (χ3n) is 3.17. The van der Waals surface area contributed by atoms with E-state index in [1.165, 1.54) is 7.11 Å². The van der Waals surface area contributed by atoms with Crippen LogP contribution in [0.2, 0.25) is 0 Å². The van der Waals surface area contributed by atoms with Gasteiger partial charge in [0.25, 0.3) is 5.91 Å². The fourth-order valence-corrected chi connectivity index (χ4v) is 2.26. The second-order valence-electron chi connectivity index (χ2n) is 4.43. The fraction of sp³-hybridized carbons (Fsp3) is 0.818. The number of nitrogens with two attached hydrogens (primary N) is 1. The van der Waals surface area contributed by atoms with Crippen molar-refractivity contribution in [2.75, 3.05) is 20.2 Å². The van der Waals surface area contributed by atoms with Gasteiger partial charge in [-0.1, -0.05) is 13.3 Å². The first kappa shape index (κ1) is 14.7. The predicted octanol–water partition coefficient (Wildman–Crippen LogP) is -0.425. The van der Waals surface area contributed by atoms with Gasteiger partial charge in [0.05, 0.1) is 13.2 Å². The van der Waals surface area contributed by atoms with Crippen molar-refractivity contribution in [3.05, 3.63) is 0 Å². The highest BCUT2D eigenvalue weighted by molar-refractivity contribution is 5.81. The van der Waals surface area contributed by atoms with E-state index in [1.54, 1.807) is 0 Å². The summed E-state index contributed by atoms with van der Waals surface area (Å²) in [7, 11) is 1.34. The molecule has 0 spiro atoms. The number of hydrogen-bond donors (Lipinski definition) is 3. The molecule has 1 rings (SSSR count). The van der Waals surface area contributed by atoms with Crippen LogP contribution >= 0.6 is 0 Å². The van der Waals surface area contributed by atoms with E-state index in [2.05, 4.69) is 15.5 Å². The lowest BCUT2D eigenvalue weighted by Gasteiger charge is -2.25. The number of methoxy groups -OCH3 is 1. The molecule has 2 atom stereocenters. The van der Waals surface area contributed by atoms with E-state index in [0.29, 0.717) is 6.54 Å². The van der Waals surface area contributed by atoms with Crippen LogP contribution < -0.4 is 16.6 Å². The first-order valence-corrected chi connectivity index (χ1v) is 6.21. The van der Waals surface area contributed by atoms with Crippen molar-refractivity contribution in [3.8, 4) is 0 Å². The maximum absolute atomic E-state index is 11.7. The summed E-state index contributed by atoms with van der Waals surface area (Å²) in [6, 6.07) is -0.188. The van der Waals surface area contributed by atoms with Gasteiger partial charge in [0.1, 0.15) is 0 Å². The minimum atomic E-state index is -0.433. The van der Waals surface area contributed by atoms with Crippen molar-refractivity contribution in [1.82, 2.24) is 15.6 Å². The average molecular weight is 258 g/mol. The molecule has 7 heteroatoms. The quantitative estimate of drug-likeness (QED) is 0.353. The normalized spacial score (nSPS) is 21.4. The lowest BCUT2D eigenvalue weighted by Crippen LogP contribution is -2.49. The molecule has 2 amide bonds. The molecule has 1 saturated heterocycles. The van der Waals surface area contributed by atoms with Gasteiger partial charge in [0.15, 0.2) is 0 Å². The second-order valence-corrected chi connectivity index (χ2v) is 4.43. The zero-order valence-corrected chi connectivity index (χ0v) is 10.9. The highest BCUT2D eigenvalue weighted by Crippen LogP contribution is 2.16. The topological polar surface area (TPSA) is 96.7 Å². The molecule has 1 fully saturated rings. The smallest absolute Gasteiger partial charge is 0.407 e. The number of ether oxygens (including phenoxy) is 1. The van der Waals surface area contributed by atoms with E-state index < -0.39 is 6.09 Å². The van der Waals surface area contributed by atoms with Crippen molar-refractivity contribution < 1.29 is 14.3 Å². The number of carbonyl (C=O) groups excluding carboxylic acids is 2. The maximum atomic E-state index is 11.7. The van der Waals surface area contributed by atoms with E-state index in [9.17, 15) is 9.59 Å². The SMILES string of the molecule is CCCC(C(=O)NN)N1CCC(NC(=O)OC)C1. The van der Waals surface area contributed by atoms with Crippen LogP contribution in [0.1, 0.15) is 26.2 Å². The molecule has 1 aliphatic heterocycles. The third-order valence-corrected chi connectivity index (χ3v) is 3.17. The number of hydrogen-bond acceptors (Lipinski definition) is 5. The standard InChI is InChI=1S/C11H22N4O3/c1-3-4-9(10(16)14-12)15-6-5-8(7-15)13-11(17)18-2/h8-9H,3-7,12H2,1-2H3,(H,13,17)(H,14,16). The van der Waals surface area contributed by atoms with Gasteiger partial charge < -0.3 is 10.1 Å². The molecule has 0 radical (unpaired) electrons. The molecule has 0 aromatic rings. The van der Waals surface area contributed by atoms with Crippen molar-refractivity contribution in [2.45, 2.75) is 38.3 Å². The monoisotopic (exact) mass is 258 g/mol. The van der Waals surface area contributed by atoms with Crippen molar-refractivity contribution >= 4 is 12.0 Å². The first-order chi connectivity index (χ1) is 8.62. The van der Waals surface area contributed by atoms with E-state index in [1.807, 2.05) is 11.8 Å². The molecular weight excluding hydrogens is 236 g/mol. The molecule has 0 bridgehead atoms. The summed E-state index contributed by atoms with van der Waals surface area (Å²) in [5.41, 5.74) is 2.20. The minimum absolute atomic E-state index is 0.0300. The summed E-state index contributed by atoms with van der Waals surface area (Å²) in [6.07, 6.45) is 2.04. The molecule has 0 aliphatic carbocycles. The second kappa shape index (κ2) is 7.17. The maximum Gasteiger partial charge on any atom is 0.407 e. The van der Waals surface area contributed by atoms with Gasteiger partial charge in [-0.15, -0.1) is 0 Å². The molecule has 104 valence electrons. The average Bonchev–Trinajstić information content (AvgIpc) is 2.83. The Labute approximate surface area is 107 Å². The largest absolute Gasteiger partial charge is 0.453 e. The number of carbonyl (C=O) groups is 2. The van der Waals surface area contributed by atoms with E-state index in [0.717, 1.165) is 25.8 Å². The number of nitrogens with zero attached hydrogens (tertiary/aromatic N) is 1. The molecular formula is C11H22N4O3. The lowest BCUT2D eigenvalue weighted by atomic mass is 10.1. The molecule has 7 nitrogen and oxygen atoms in total. The van der Waals surface area contributed by atoms with Gasteiger partial charge in [0.2, 0.25) is 0 Å². The Kier molecular flexibility index (Phi) is 5.87. The Bertz CT molecular complexity index is 298. The zero-order valence-electron chi connectivity index (χ0n) is 10.9. The molecule has 0 aromatic carbocycles. The van der Waals surface area contributed by atoms with Gasteiger partial charge in [-0.3, -0.25) is 15.1 Å². The van der Waals surface area contributed by atoms with Crippen LogP contribution in [0.3, 0.4) is 0 Å². The van der Waals surface area contributed by atoms with Gasteiger partial charge in [0, 0.05) is 19.1 Å². The van der Waals surface area contributed by atoms with Crippen molar-refractivity contribution in [1.29, 1.82) is 0 Å². The van der Waals surface area contributed by atoms with Crippen LogP contribution in [-0.4, -0.2) is 49.2 Å². The zero-order chi connectivity index (χ0) is 13.5. The van der Waals surface area contributed by atoms with Gasteiger partial charge in [-0.2, -0.15) is 0 Å². The summed E-state index contributed by atoms with van der Waals surface area (Å²) < 4.78 is 4.56. The number of nitrogens with one attached hydrogen (secondary N) is 2. The molecule has 0 saturated carbocycles. The third kappa shape index (κ3) is 3.85. The summed E-state index contributed by atoms with van der Waals surface area (Å²) in [6.45, 7) is 3.44. The Morgan fingerprint density at radius 1 is 1.56 bits per heavy atom. The summed E-state index contributed by atoms with van der Waals surface area (Å²) >= 11 is 0. The highest BCUT2D eigenvalue weighted by atomic mass is 16.5. The molecule has 2 unspecified atom stereocenters. The van der Waals surface area contributed by atoms with Crippen LogP contribution in [0.15, 0.2) is 0 Å². The highest BCUT2D eigenvalue weighted by Gasteiger charge is 2.32. The number of alkyl carbamates (subject to hydrolysis) is 1. The van der Waals surface area contributed by atoms with E-state index in [4.69, 9.17) is 5.84 Å². The molecule has 1 heterocycles. The minimum Gasteiger partial charge on any atom is -0.453 e. The van der Waals surface area contributed by atoms with Gasteiger partial charge >= 0.3 is 6.09 Å². The fourth-order valence-electron chi connectivity index (χ4n) is 2.26. The van der Waals surface area contributed by atoms with E-state index >= 15 is 0 Å². The summed E-state index contributed by atoms with van der Waals surface area (Å²) in [5.74, 6) is 5.02. The molecule has 0 aromatic heterocycles. The molecule has 1 aliphatic rings. The number of amides is 2. The predicted molar refractivity (Wildman–Crippen MR) is 66.5 cm³/mol. The van der Waals surface area contributed by atoms with Gasteiger partial charge in [-0.25, -0.2) is 10.6 Å². The number of rotatable bonds is 5. The van der Waals surface area contributed by atoms with Crippen LogP contribution in [0, 0.1) is 0 Å². The van der Waals surface area contributed by atoms with Crippen LogP contribution in [0.4, 0.5) is 4.79 Å². The number of likely N-dealkylation sites (tertiary alicyclic amines) is 1. The molecule has 4 N–H and O–H groups in total. The first-order valence-electron chi connectivity index (χ1n) is 6.21. The summed E-state index contributed by atoms with van der Waals surface area (Å²) in [4.78, 5) is 24.8. The Morgan fingerprint density at radius 3 is 2.83 bits per heavy atom. The van der Waals surface area contributed by atoms with Crippen molar-refractivity contribution in [3.63, 3.8) is 0 Å². The van der Waals surface area contributed by atoms with Crippen LogP contribution in [0.25, 0.3) is 0 Å². The lowest BCUT2D eigenvalue weighted by molar-refractivity contribution is -0.126.